The summed E-state index contributed by atoms with van der Waals surface area (Å²) in [5, 5.41) is 7.51. The Morgan fingerprint density at radius 2 is 2.04 bits per heavy atom. The van der Waals surface area contributed by atoms with Crippen molar-refractivity contribution >= 4 is 0 Å². The molecule has 28 heavy (non-hydrogen) atoms. The molecule has 2 heterocycles. The summed E-state index contributed by atoms with van der Waals surface area (Å²) in [6.07, 6.45) is 0.873. The average Bonchev–Trinajstić information content (AvgIpc) is 3.12. The first kappa shape index (κ1) is 18.7. The van der Waals surface area contributed by atoms with Gasteiger partial charge in [0, 0.05) is 55.5 Å². The standard InChI is InChI=1S/C22H24FN3O2/c1-27-14-16-11-15(7-8-21(16)28-2)12-26-10-9-20-18(13-26)22(25-24-20)17-5-3-4-6-19(17)23/h3-8,11H,9-10,12-14H2,1-2H3,(H,24,25). The van der Waals surface area contributed by atoms with Gasteiger partial charge in [0.05, 0.1) is 19.4 Å². The molecule has 1 aliphatic rings. The summed E-state index contributed by atoms with van der Waals surface area (Å²) in [4.78, 5) is 2.36. The van der Waals surface area contributed by atoms with E-state index in [0.717, 1.165) is 48.6 Å². The maximum absolute atomic E-state index is 14.3. The Kier molecular flexibility index (Phi) is 5.41. The molecule has 0 spiro atoms. The number of rotatable bonds is 6. The number of benzene rings is 2. The van der Waals surface area contributed by atoms with Crippen molar-refractivity contribution in [1.29, 1.82) is 0 Å². The first-order valence-corrected chi connectivity index (χ1v) is 9.37. The van der Waals surface area contributed by atoms with Crippen molar-refractivity contribution in [1.82, 2.24) is 15.1 Å². The molecule has 0 saturated carbocycles. The van der Waals surface area contributed by atoms with Crippen LogP contribution in [0.1, 0.15) is 22.4 Å². The number of hydrogen-bond acceptors (Lipinski definition) is 4. The molecule has 6 heteroatoms. The number of halogens is 1. The molecule has 0 bridgehead atoms. The number of ether oxygens (including phenoxy) is 2. The highest BCUT2D eigenvalue weighted by Crippen LogP contribution is 2.31. The molecule has 5 nitrogen and oxygen atoms in total. The molecule has 0 aliphatic carbocycles. The summed E-state index contributed by atoms with van der Waals surface area (Å²) >= 11 is 0. The number of methoxy groups -OCH3 is 2. The highest BCUT2D eigenvalue weighted by molar-refractivity contribution is 5.65. The first-order chi connectivity index (χ1) is 13.7. The zero-order chi connectivity index (χ0) is 19.5. The lowest BCUT2D eigenvalue weighted by molar-refractivity contribution is 0.181. The quantitative estimate of drug-likeness (QED) is 0.703. The summed E-state index contributed by atoms with van der Waals surface area (Å²) in [6, 6.07) is 13.0. The van der Waals surface area contributed by atoms with Crippen molar-refractivity contribution in [2.75, 3.05) is 20.8 Å². The van der Waals surface area contributed by atoms with Gasteiger partial charge >= 0.3 is 0 Å². The molecule has 1 aromatic heterocycles. The second kappa shape index (κ2) is 8.12. The number of aromatic amines is 1. The molecule has 0 radical (unpaired) electrons. The third-order valence-corrected chi connectivity index (χ3v) is 5.19. The van der Waals surface area contributed by atoms with Crippen molar-refractivity contribution in [2.24, 2.45) is 0 Å². The lowest BCUT2D eigenvalue weighted by atomic mass is 10.00. The summed E-state index contributed by atoms with van der Waals surface area (Å²) < 4.78 is 25.0. The third-order valence-electron chi connectivity index (χ3n) is 5.19. The smallest absolute Gasteiger partial charge is 0.132 e. The van der Waals surface area contributed by atoms with E-state index in [2.05, 4.69) is 27.2 Å². The van der Waals surface area contributed by atoms with Gasteiger partial charge in [0.2, 0.25) is 0 Å². The van der Waals surface area contributed by atoms with E-state index in [1.807, 2.05) is 12.1 Å². The number of H-pyrrole nitrogens is 1. The van der Waals surface area contributed by atoms with Crippen molar-refractivity contribution in [3.8, 4) is 17.0 Å². The van der Waals surface area contributed by atoms with Crippen molar-refractivity contribution in [3.05, 3.63) is 70.7 Å². The van der Waals surface area contributed by atoms with Gasteiger partial charge in [-0.15, -0.1) is 0 Å². The molecule has 0 unspecified atom stereocenters. The van der Waals surface area contributed by atoms with Crippen LogP contribution in [0.5, 0.6) is 5.75 Å². The zero-order valence-electron chi connectivity index (χ0n) is 16.2. The Balaban J connectivity index is 1.56. The van der Waals surface area contributed by atoms with Crippen LogP contribution in [0.2, 0.25) is 0 Å². The largest absolute Gasteiger partial charge is 0.496 e. The zero-order valence-corrected chi connectivity index (χ0v) is 16.2. The van der Waals surface area contributed by atoms with Crippen LogP contribution in [0, 0.1) is 5.82 Å². The van der Waals surface area contributed by atoms with Gasteiger partial charge in [-0.2, -0.15) is 5.10 Å². The highest BCUT2D eigenvalue weighted by atomic mass is 19.1. The van der Waals surface area contributed by atoms with Gasteiger partial charge < -0.3 is 9.47 Å². The second-order valence-corrected chi connectivity index (χ2v) is 7.05. The maximum Gasteiger partial charge on any atom is 0.132 e. The molecule has 1 N–H and O–H groups in total. The van der Waals surface area contributed by atoms with E-state index in [9.17, 15) is 4.39 Å². The monoisotopic (exact) mass is 381 g/mol. The van der Waals surface area contributed by atoms with Gasteiger partial charge in [0.1, 0.15) is 11.6 Å². The fourth-order valence-electron chi connectivity index (χ4n) is 3.82. The van der Waals surface area contributed by atoms with Crippen LogP contribution in [-0.4, -0.2) is 35.9 Å². The van der Waals surface area contributed by atoms with Crippen LogP contribution < -0.4 is 4.74 Å². The minimum atomic E-state index is -0.242. The first-order valence-electron chi connectivity index (χ1n) is 9.37. The molecular formula is C22H24FN3O2. The van der Waals surface area contributed by atoms with Crippen molar-refractivity contribution < 1.29 is 13.9 Å². The molecule has 0 amide bonds. The van der Waals surface area contributed by atoms with Gasteiger partial charge in [0.15, 0.2) is 0 Å². The summed E-state index contributed by atoms with van der Waals surface area (Å²) in [7, 11) is 3.35. The number of nitrogens with one attached hydrogen (secondary N) is 1. The van der Waals surface area contributed by atoms with E-state index < -0.39 is 0 Å². The molecule has 0 saturated heterocycles. The predicted molar refractivity (Wildman–Crippen MR) is 106 cm³/mol. The average molecular weight is 381 g/mol. The van der Waals surface area contributed by atoms with Crippen LogP contribution in [0.4, 0.5) is 4.39 Å². The summed E-state index contributed by atoms with van der Waals surface area (Å²) in [5.74, 6) is 0.594. The molecule has 146 valence electrons. The van der Waals surface area contributed by atoms with E-state index in [1.54, 1.807) is 26.4 Å². The fourth-order valence-corrected chi connectivity index (χ4v) is 3.82. The molecule has 1 aliphatic heterocycles. The Hall–Kier alpha value is -2.70. The minimum absolute atomic E-state index is 0.242. The SMILES string of the molecule is COCc1cc(CN2CCc3[nH]nc(-c4ccccc4F)c3C2)ccc1OC. The van der Waals surface area contributed by atoms with E-state index >= 15 is 0 Å². The molecule has 0 atom stereocenters. The van der Waals surface area contributed by atoms with Gasteiger partial charge in [-0.3, -0.25) is 10.00 Å². The fraction of sp³-hybridized carbons (Fsp3) is 0.318. The van der Waals surface area contributed by atoms with Gasteiger partial charge in [-0.1, -0.05) is 18.2 Å². The van der Waals surface area contributed by atoms with E-state index in [-0.39, 0.29) is 5.82 Å². The number of nitrogens with zero attached hydrogens (tertiary/aromatic N) is 2. The number of hydrogen-bond donors (Lipinski definition) is 1. The lowest BCUT2D eigenvalue weighted by Gasteiger charge is -2.27. The third kappa shape index (κ3) is 3.66. The number of aromatic nitrogens is 2. The summed E-state index contributed by atoms with van der Waals surface area (Å²) in [6.45, 7) is 2.99. The van der Waals surface area contributed by atoms with Crippen LogP contribution in [-0.2, 0) is 30.9 Å². The highest BCUT2D eigenvalue weighted by Gasteiger charge is 2.24. The molecule has 4 rings (SSSR count). The molecule has 3 aromatic rings. The Morgan fingerprint density at radius 3 is 2.82 bits per heavy atom. The Morgan fingerprint density at radius 1 is 1.18 bits per heavy atom. The van der Waals surface area contributed by atoms with E-state index in [4.69, 9.17) is 9.47 Å². The van der Waals surface area contributed by atoms with Crippen LogP contribution >= 0.6 is 0 Å². The Bertz CT molecular complexity index is 970. The minimum Gasteiger partial charge on any atom is -0.496 e. The molecular weight excluding hydrogens is 357 g/mol. The topological polar surface area (TPSA) is 50.4 Å². The van der Waals surface area contributed by atoms with Crippen LogP contribution in [0.15, 0.2) is 42.5 Å². The normalized spacial score (nSPS) is 14.1. The predicted octanol–water partition coefficient (Wildman–Crippen LogP) is 3.93. The Labute approximate surface area is 164 Å². The van der Waals surface area contributed by atoms with Crippen LogP contribution in [0.25, 0.3) is 11.3 Å². The number of fused-ring (bicyclic) bond motifs is 1. The van der Waals surface area contributed by atoms with Crippen LogP contribution in [0.3, 0.4) is 0 Å². The summed E-state index contributed by atoms with van der Waals surface area (Å²) in [5.41, 5.74) is 5.69. The van der Waals surface area contributed by atoms with Gasteiger partial charge in [-0.25, -0.2) is 4.39 Å². The van der Waals surface area contributed by atoms with Crippen molar-refractivity contribution in [3.63, 3.8) is 0 Å². The van der Waals surface area contributed by atoms with E-state index in [1.165, 1.54) is 11.6 Å². The van der Waals surface area contributed by atoms with E-state index in [0.29, 0.717) is 17.9 Å². The second-order valence-electron chi connectivity index (χ2n) is 7.05. The van der Waals surface area contributed by atoms with Gasteiger partial charge in [-0.05, 0) is 29.8 Å². The van der Waals surface area contributed by atoms with Crippen molar-refractivity contribution in [2.45, 2.75) is 26.1 Å². The van der Waals surface area contributed by atoms with Gasteiger partial charge in [0.25, 0.3) is 0 Å². The molecule has 0 fully saturated rings. The molecule has 2 aromatic carbocycles. The maximum atomic E-state index is 14.3. The lowest BCUT2D eigenvalue weighted by Crippen LogP contribution is -2.30.